The van der Waals surface area contributed by atoms with E-state index in [1.165, 1.54) is 0 Å². The highest BCUT2D eigenvalue weighted by Crippen LogP contribution is 2.23. The van der Waals surface area contributed by atoms with E-state index < -0.39 is 0 Å². The van der Waals surface area contributed by atoms with Gasteiger partial charge in [-0.2, -0.15) is 0 Å². The molecule has 0 saturated carbocycles. The molecule has 0 unspecified atom stereocenters. The molecule has 1 aromatic carbocycles. The Labute approximate surface area is 71.9 Å². The molecule has 0 aromatic heterocycles. The fourth-order valence-electron chi connectivity index (χ4n) is 0.964. The number of hydrogen-bond acceptors (Lipinski definition) is 3. The van der Waals surface area contributed by atoms with Gasteiger partial charge in [0.1, 0.15) is 5.75 Å². The second-order valence-electron chi connectivity index (χ2n) is 2.87. The van der Waals surface area contributed by atoms with E-state index in [4.69, 9.17) is 5.11 Å². The Morgan fingerprint density at radius 1 is 1.33 bits per heavy atom. The summed E-state index contributed by atoms with van der Waals surface area (Å²) in [4.78, 5) is 1.89. The van der Waals surface area contributed by atoms with Crippen LogP contribution in [0, 0.1) is 0 Å². The number of aliphatic hydroxyl groups excluding tert-OH is 1. The predicted molar refractivity (Wildman–Crippen MR) is 48.4 cm³/mol. The molecule has 0 aliphatic carbocycles. The van der Waals surface area contributed by atoms with Crippen molar-refractivity contribution in [2.75, 3.05) is 19.0 Å². The summed E-state index contributed by atoms with van der Waals surface area (Å²) in [6.07, 6.45) is 0. The number of aromatic hydroxyl groups is 1. The standard InChI is InChI=1S/C9H13NO2/c1-10(2)8-4-3-7(6-11)9(12)5-8/h3-5,11-12H,6H2,1-2H3. The lowest BCUT2D eigenvalue weighted by Gasteiger charge is -2.13. The van der Waals surface area contributed by atoms with Gasteiger partial charge in [0, 0.05) is 31.4 Å². The van der Waals surface area contributed by atoms with Gasteiger partial charge in [-0.15, -0.1) is 0 Å². The third-order valence-electron chi connectivity index (χ3n) is 1.76. The first-order valence-electron chi connectivity index (χ1n) is 3.75. The van der Waals surface area contributed by atoms with Gasteiger partial charge in [-0.1, -0.05) is 6.07 Å². The van der Waals surface area contributed by atoms with E-state index in [9.17, 15) is 5.11 Å². The molecule has 0 amide bonds. The normalized spacial score (nSPS) is 9.92. The van der Waals surface area contributed by atoms with Crippen LogP contribution in [0.2, 0.25) is 0 Å². The molecule has 0 atom stereocenters. The molecular formula is C9H13NO2. The predicted octanol–water partition coefficient (Wildman–Crippen LogP) is 0.950. The second kappa shape index (κ2) is 3.45. The van der Waals surface area contributed by atoms with Gasteiger partial charge >= 0.3 is 0 Å². The Hall–Kier alpha value is -1.22. The van der Waals surface area contributed by atoms with Crippen LogP contribution in [-0.4, -0.2) is 24.3 Å². The molecule has 0 aliphatic rings. The maximum atomic E-state index is 9.35. The molecule has 0 radical (unpaired) electrons. The van der Waals surface area contributed by atoms with E-state index in [-0.39, 0.29) is 12.4 Å². The molecule has 1 aromatic rings. The highest BCUT2D eigenvalue weighted by molar-refractivity contribution is 5.52. The third kappa shape index (κ3) is 1.68. The summed E-state index contributed by atoms with van der Waals surface area (Å²) in [6.45, 7) is -0.125. The number of phenols is 1. The minimum absolute atomic E-state index is 0.125. The van der Waals surface area contributed by atoms with Crippen molar-refractivity contribution >= 4 is 5.69 Å². The molecule has 0 heterocycles. The maximum absolute atomic E-state index is 9.35. The lowest BCUT2D eigenvalue weighted by atomic mass is 10.2. The lowest BCUT2D eigenvalue weighted by molar-refractivity contribution is 0.275. The summed E-state index contributed by atoms with van der Waals surface area (Å²) in [5.74, 6) is 0.142. The first kappa shape index (κ1) is 8.87. The quantitative estimate of drug-likeness (QED) is 0.689. The highest BCUT2D eigenvalue weighted by atomic mass is 16.3. The number of aliphatic hydroxyl groups is 1. The monoisotopic (exact) mass is 167 g/mol. The Balaban J connectivity index is 3.02. The van der Waals surface area contributed by atoms with Gasteiger partial charge in [0.25, 0.3) is 0 Å². The third-order valence-corrected chi connectivity index (χ3v) is 1.76. The maximum Gasteiger partial charge on any atom is 0.123 e. The molecule has 12 heavy (non-hydrogen) atoms. The van der Waals surface area contributed by atoms with E-state index in [1.54, 1.807) is 12.1 Å². The Morgan fingerprint density at radius 3 is 2.42 bits per heavy atom. The molecule has 0 spiro atoms. The molecule has 3 heteroatoms. The van der Waals surface area contributed by atoms with E-state index in [0.717, 1.165) is 5.69 Å². The molecule has 3 nitrogen and oxygen atoms in total. The minimum atomic E-state index is -0.125. The average molecular weight is 167 g/mol. The van der Waals surface area contributed by atoms with Gasteiger partial charge in [-0.05, 0) is 6.07 Å². The van der Waals surface area contributed by atoms with Crippen LogP contribution in [0.1, 0.15) is 5.56 Å². The average Bonchev–Trinajstić information content (AvgIpc) is 2.04. The summed E-state index contributed by atoms with van der Waals surface area (Å²) >= 11 is 0. The van der Waals surface area contributed by atoms with E-state index in [2.05, 4.69) is 0 Å². The van der Waals surface area contributed by atoms with Gasteiger partial charge in [-0.3, -0.25) is 0 Å². The van der Waals surface area contributed by atoms with Crippen molar-refractivity contribution in [2.24, 2.45) is 0 Å². The first-order valence-corrected chi connectivity index (χ1v) is 3.75. The summed E-state index contributed by atoms with van der Waals surface area (Å²) in [6, 6.07) is 5.20. The molecule has 0 fully saturated rings. The minimum Gasteiger partial charge on any atom is -0.508 e. The van der Waals surface area contributed by atoms with Gasteiger partial charge in [0.15, 0.2) is 0 Å². The van der Waals surface area contributed by atoms with Crippen LogP contribution in [0.15, 0.2) is 18.2 Å². The van der Waals surface area contributed by atoms with Crippen LogP contribution in [-0.2, 0) is 6.61 Å². The van der Waals surface area contributed by atoms with E-state index in [0.29, 0.717) is 5.56 Å². The summed E-state index contributed by atoms with van der Waals surface area (Å²) in [7, 11) is 3.79. The zero-order valence-electron chi connectivity index (χ0n) is 7.28. The molecule has 2 N–H and O–H groups in total. The summed E-state index contributed by atoms with van der Waals surface area (Å²) < 4.78 is 0. The first-order chi connectivity index (χ1) is 5.65. The van der Waals surface area contributed by atoms with Gasteiger partial charge in [0.05, 0.1) is 6.61 Å². The van der Waals surface area contributed by atoms with E-state index in [1.807, 2.05) is 25.1 Å². The zero-order valence-corrected chi connectivity index (χ0v) is 7.28. The number of benzene rings is 1. The fraction of sp³-hybridized carbons (Fsp3) is 0.333. The highest BCUT2D eigenvalue weighted by Gasteiger charge is 2.01. The molecule has 0 bridgehead atoms. The number of hydrogen-bond donors (Lipinski definition) is 2. The van der Waals surface area contributed by atoms with Gasteiger partial charge in [-0.25, -0.2) is 0 Å². The SMILES string of the molecule is CN(C)c1ccc(CO)c(O)c1. The Bertz CT molecular complexity index is 271. The Kier molecular flexibility index (Phi) is 2.55. The van der Waals surface area contributed by atoms with Gasteiger partial charge < -0.3 is 15.1 Å². The molecule has 0 saturated heterocycles. The van der Waals surface area contributed by atoms with E-state index >= 15 is 0 Å². The van der Waals surface area contributed by atoms with Crippen molar-refractivity contribution in [3.63, 3.8) is 0 Å². The van der Waals surface area contributed by atoms with Crippen molar-refractivity contribution in [1.82, 2.24) is 0 Å². The van der Waals surface area contributed by atoms with Crippen molar-refractivity contribution < 1.29 is 10.2 Å². The van der Waals surface area contributed by atoms with Gasteiger partial charge in [0.2, 0.25) is 0 Å². The number of anilines is 1. The summed E-state index contributed by atoms with van der Waals surface area (Å²) in [5, 5.41) is 18.1. The summed E-state index contributed by atoms with van der Waals surface area (Å²) in [5.41, 5.74) is 1.48. The Morgan fingerprint density at radius 2 is 2.00 bits per heavy atom. The van der Waals surface area contributed by atoms with Crippen LogP contribution in [0.4, 0.5) is 5.69 Å². The largest absolute Gasteiger partial charge is 0.508 e. The molecule has 0 aliphatic heterocycles. The van der Waals surface area contributed by atoms with Crippen LogP contribution in [0.5, 0.6) is 5.75 Å². The van der Waals surface area contributed by atoms with Crippen molar-refractivity contribution in [2.45, 2.75) is 6.61 Å². The fourth-order valence-corrected chi connectivity index (χ4v) is 0.964. The van der Waals surface area contributed by atoms with Crippen LogP contribution in [0.25, 0.3) is 0 Å². The van der Waals surface area contributed by atoms with Crippen LogP contribution < -0.4 is 4.90 Å². The lowest BCUT2D eigenvalue weighted by Crippen LogP contribution is -2.08. The molecule has 66 valence electrons. The zero-order chi connectivity index (χ0) is 9.14. The number of rotatable bonds is 2. The topological polar surface area (TPSA) is 43.7 Å². The van der Waals surface area contributed by atoms with Crippen molar-refractivity contribution in [3.05, 3.63) is 23.8 Å². The van der Waals surface area contributed by atoms with Crippen molar-refractivity contribution in [1.29, 1.82) is 0 Å². The van der Waals surface area contributed by atoms with Crippen molar-refractivity contribution in [3.8, 4) is 5.75 Å². The smallest absolute Gasteiger partial charge is 0.123 e. The number of nitrogens with zero attached hydrogens (tertiary/aromatic N) is 1. The van der Waals surface area contributed by atoms with Crippen LogP contribution in [0.3, 0.4) is 0 Å². The second-order valence-corrected chi connectivity index (χ2v) is 2.87. The van der Waals surface area contributed by atoms with Crippen LogP contribution >= 0.6 is 0 Å². The molecular weight excluding hydrogens is 154 g/mol. The molecule has 1 rings (SSSR count).